The quantitative estimate of drug-likeness (QED) is 0.835. The van der Waals surface area contributed by atoms with E-state index in [-0.39, 0.29) is 22.6 Å². The first kappa shape index (κ1) is 19.7. The summed E-state index contributed by atoms with van der Waals surface area (Å²) in [7, 11) is -3.68. The zero-order chi connectivity index (χ0) is 18.8. The molecule has 2 rings (SSSR count). The molecule has 6 nitrogen and oxygen atoms in total. The standard InChI is InChI=1S/C18H28N2O4S/c1-5-24-16-10-13(4)15(12(2)3)11-17(16)25(22,23)20-8-6-14(7-9-20)18(19)21/h10-12,14H,5-9H2,1-4H3,(H2,19,21). The van der Waals surface area contributed by atoms with Crippen molar-refractivity contribution in [2.45, 2.75) is 51.3 Å². The number of aryl methyl sites for hydroxylation is 1. The molecule has 140 valence electrons. The minimum atomic E-state index is -3.68. The third-order valence-electron chi connectivity index (χ3n) is 4.73. The molecule has 0 spiro atoms. The summed E-state index contributed by atoms with van der Waals surface area (Å²) in [6.45, 7) is 8.87. The van der Waals surface area contributed by atoms with E-state index in [0.29, 0.717) is 38.3 Å². The summed E-state index contributed by atoms with van der Waals surface area (Å²) in [5, 5.41) is 0. The lowest BCUT2D eigenvalue weighted by atomic mass is 9.98. The lowest BCUT2D eigenvalue weighted by molar-refractivity contribution is -0.122. The Morgan fingerprint density at radius 1 is 1.32 bits per heavy atom. The number of carbonyl (C=O) groups is 1. The van der Waals surface area contributed by atoms with Crippen LogP contribution in [0.25, 0.3) is 0 Å². The highest BCUT2D eigenvalue weighted by Gasteiger charge is 2.33. The summed E-state index contributed by atoms with van der Waals surface area (Å²) in [5.41, 5.74) is 7.35. The number of amides is 1. The Balaban J connectivity index is 2.41. The Kier molecular flexibility index (Phi) is 6.11. The van der Waals surface area contributed by atoms with Crippen LogP contribution in [0.4, 0.5) is 0 Å². The fourth-order valence-electron chi connectivity index (χ4n) is 3.29. The highest BCUT2D eigenvalue weighted by Crippen LogP contribution is 2.34. The third-order valence-corrected chi connectivity index (χ3v) is 6.65. The maximum absolute atomic E-state index is 13.2. The summed E-state index contributed by atoms with van der Waals surface area (Å²) in [4.78, 5) is 11.5. The van der Waals surface area contributed by atoms with Crippen molar-refractivity contribution < 1.29 is 17.9 Å². The van der Waals surface area contributed by atoms with Gasteiger partial charge in [-0.2, -0.15) is 4.31 Å². The molecule has 1 aliphatic rings. The maximum atomic E-state index is 13.2. The second-order valence-electron chi connectivity index (χ2n) is 6.82. The average Bonchev–Trinajstić information content (AvgIpc) is 2.54. The van der Waals surface area contributed by atoms with Gasteiger partial charge in [0.1, 0.15) is 10.6 Å². The van der Waals surface area contributed by atoms with Crippen LogP contribution in [-0.4, -0.2) is 38.3 Å². The average molecular weight is 368 g/mol. The van der Waals surface area contributed by atoms with Gasteiger partial charge in [-0.15, -0.1) is 0 Å². The van der Waals surface area contributed by atoms with Crippen molar-refractivity contribution in [2.75, 3.05) is 19.7 Å². The van der Waals surface area contributed by atoms with Gasteiger partial charge in [-0.3, -0.25) is 4.79 Å². The second kappa shape index (κ2) is 7.74. The molecular weight excluding hydrogens is 340 g/mol. The van der Waals surface area contributed by atoms with Crippen LogP contribution in [0, 0.1) is 12.8 Å². The van der Waals surface area contributed by atoms with Crippen LogP contribution in [0.15, 0.2) is 17.0 Å². The monoisotopic (exact) mass is 368 g/mol. The van der Waals surface area contributed by atoms with Gasteiger partial charge < -0.3 is 10.5 Å². The largest absolute Gasteiger partial charge is 0.492 e. The summed E-state index contributed by atoms with van der Waals surface area (Å²) in [6, 6.07) is 3.54. The lowest BCUT2D eigenvalue weighted by Crippen LogP contribution is -2.41. The fourth-order valence-corrected chi connectivity index (χ4v) is 4.91. The molecular formula is C18H28N2O4S. The first-order valence-corrected chi connectivity index (χ1v) is 10.2. The Labute approximate surface area is 150 Å². The molecule has 0 aromatic heterocycles. The molecule has 0 saturated carbocycles. The molecule has 1 aromatic carbocycles. The second-order valence-corrected chi connectivity index (χ2v) is 8.73. The van der Waals surface area contributed by atoms with Gasteiger partial charge in [0.2, 0.25) is 15.9 Å². The number of hydrogen-bond acceptors (Lipinski definition) is 4. The van der Waals surface area contributed by atoms with Crippen molar-refractivity contribution in [3.8, 4) is 5.75 Å². The van der Waals surface area contributed by atoms with E-state index >= 15 is 0 Å². The Morgan fingerprint density at radius 2 is 1.92 bits per heavy atom. The number of sulfonamides is 1. The maximum Gasteiger partial charge on any atom is 0.246 e. The topological polar surface area (TPSA) is 89.7 Å². The normalized spacial score (nSPS) is 17.0. The first-order chi connectivity index (χ1) is 11.7. The van der Waals surface area contributed by atoms with E-state index in [9.17, 15) is 13.2 Å². The van der Waals surface area contributed by atoms with Gasteiger partial charge in [-0.05, 0) is 55.9 Å². The third kappa shape index (κ3) is 4.15. The van der Waals surface area contributed by atoms with Gasteiger partial charge in [0.15, 0.2) is 0 Å². The van der Waals surface area contributed by atoms with E-state index in [4.69, 9.17) is 10.5 Å². The van der Waals surface area contributed by atoms with Crippen LogP contribution in [0.3, 0.4) is 0 Å². The summed E-state index contributed by atoms with van der Waals surface area (Å²) in [6.07, 6.45) is 0.920. The Hall–Kier alpha value is -1.60. The zero-order valence-electron chi connectivity index (χ0n) is 15.4. The molecule has 1 heterocycles. The predicted octanol–water partition coefficient (Wildman–Crippen LogP) is 2.40. The number of primary amides is 1. The van der Waals surface area contributed by atoms with E-state index in [1.54, 1.807) is 6.07 Å². The van der Waals surface area contributed by atoms with Crippen molar-refractivity contribution in [2.24, 2.45) is 11.7 Å². The van der Waals surface area contributed by atoms with E-state index in [1.165, 1.54) is 4.31 Å². The molecule has 1 aromatic rings. The number of carbonyl (C=O) groups excluding carboxylic acids is 1. The van der Waals surface area contributed by atoms with Crippen LogP contribution in [0.2, 0.25) is 0 Å². The van der Waals surface area contributed by atoms with Crippen molar-refractivity contribution in [3.05, 3.63) is 23.3 Å². The predicted molar refractivity (Wildman–Crippen MR) is 97.1 cm³/mol. The smallest absolute Gasteiger partial charge is 0.246 e. The van der Waals surface area contributed by atoms with Gasteiger partial charge >= 0.3 is 0 Å². The van der Waals surface area contributed by atoms with Gasteiger partial charge in [0.05, 0.1) is 6.61 Å². The van der Waals surface area contributed by atoms with E-state index < -0.39 is 10.0 Å². The molecule has 0 bridgehead atoms. The highest BCUT2D eigenvalue weighted by molar-refractivity contribution is 7.89. The molecule has 1 aliphatic heterocycles. The Morgan fingerprint density at radius 3 is 2.40 bits per heavy atom. The number of nitrogens with two attached hydrogens (primary N) is 1. The van der Waals surface area contributed by atoms with Crippen LogP contribution in [0.5, 0.6) is 5.75 Å². The molecule has 7 heteroatoms. The number of piperidine rings is 1. The van der Waals surface area contributed by atoms with E-state index in [2.05, 4.69) is 0 Å². The van der Waals surface area contributed by atoms with Gasteiger partial charge in [0.25, 0.3) is 0 Å². The zero-order valence-corrected chi connectivity index (χ0v) is 16.2. The van der Waals surface area contributed by atoms with Crippen molar-refractivity contribution in [3.63, 3.8) is 0 Å². The molecule has 0 aliphatic carbocycles. The minimum absolute atomic E-state index is 0.209. The molecule has 0 radical (unpaired) electrons. The summed E-state index contributed by atoms with van der Waals surface area (Å²) in [5.74, 6) is -0.00168. The number of ether oxygens (including phenoxy) is 1. The van der Waals surface area contributed by atoms with Crippen LogP contribution in [0.1, 0.15) is 50.7 Å². The van der Waals surface area contributed by atoms with Crippen molar-refractivity contribution >= 4 is 15.9 Å². The number of benzene rings is 1. The molecule has 1 amide bonds. The van der Waals surface area contributed by atoms with Gasteiger partial charge in [-0.1, -0.05) is 13.8 Å². The number of nitrogens with zero attached hydrogens (tertiary/aromatic N) is 1. The molecule has 25 heavy (non-hydrogen) atoms. The molecule has 0 unspecified atom stereocenters. The van der Waals surface area contributed by atoms with E-state index in [1.807, 2.05) is 33.8 Å². The van der Waals surface area contributed by atoms with Crippen molar-refractivity contribution in [1.82, 2.24) is 4.31 Å². The number of rotatable bonds is 6. The SMILES string of the molecule is CCOc1cc(C)c(C(C)C)cc1S(=O)(=O)N1CCC(C(N)=O)CC1. The molecule has 0 atom stereocenters. The molecule has 1 fully saturated rings. The number of hydrogen-bond donors (Lipinski definition) is 1. The summed E-state index contributed by atoms with van der Waals surface area (Å²) >= 11 is 0. The van der Waals surface area contributed by atoms with Crippen LogP contribution in [-0.2, 0) is 14.8 Å². The lowest BCUT2D eigenvalue weighted by Gasteiger charge is -2.30. The first-order valence-electron chi connectivity index (χ1n) is 8.75. The Bertz CT molecular complexity index is 736. The highest BCUT2D eigenvalue weighted by atomic mass is 32.2. The van der Waals surface area contributed by atoms with Crippen LogP contribution >= 0.6 is 0 Å². The van der Waals surface area contributed by atoms with Gasteiger partial charge in [-0.25, -0.2) is 8.42 Å². The van der Waals surface area contributed by atoms with Crippen LogP contribution < -0.4 is 10.5 Å². The molecule has 2 N–H and O–H groups in total. The van der Waals surface area contributed by atoms with Gasteiger partial charge in [0, 0.05) is 19.0 Å². The van der Waals surface area contributed by atoms with Crippen molar-refractivity contribution in [1.29, 1.82) is 0 Å². The van der Waals surface area contributed by atoms with E-state index in [0.717, 1.165) is 11.1 Å². The minimum Gasteiger partial charge on any atom is -0.492 e. The fraction of sp³-hybridized carbons (Fsp3) is 0.611. The summed E-state index contributed by atoms with van der Waals surface area (Å²) < 4.78 is 33.4. The molecule has 1 saturated heterocycles.